The molecule has 0 saturated heterocycles. The standard InChI is InChI=1S/C20H22N2O4S3/c1-12(2)18(19(23)26-4)22-29(24,25)15-9-10-16-17(11-15)28-20(21-16)27-14-7-5-13(3)6-8-14/h5-12,18,22H,1-4H3/t18-/m1/s1. The zero-order valence-corrected chi connectivity index (χ0v) is 19.0. The molecule has 0 aliphatic heterocycles. The summed E-state index contributed by atoms with van der Waals surface area (Å²) >= 11 is 2.97. The smallest absolute Gasteiger partial charge is 0.324 e. The Labute approximate surface area is 178 Å². The molecule has 1 N–H and O–H groups in total. The van der Waals surface area contributed by atoms with E-state index in [9.17, 15) is 13.2 Å². The summed E-state index contributed by atoms with van der Waals surface area (Å²) in [4.78, 5) is 17.7. The Balaban J connectivity index is 1.86. The molecular formula is C20H22N2O4S3. The molecular weight excluding hydrogens is 428 g/mol. The van der Waals surface area contributed by atoms with E-state index in [2.05, 4.69) is 9.71 Å². The van der Waals surface area contributed by atoms with Gasteiger partial charge < -0.3 is 4.74 Å². The number of rotatable bonds is 7. The first-order valence-corrected chi connectivity index (χ1v) is 12.1. The van der Waals surface area contributed by atoms with Gasteiger partial charge in [0.05, 0.1) is 22.2 Å². The number of fused-ring (bicyclic) bond motifs is 1. The highest BCUT2D eigenvalue weighted by atomic mass is 32.2. The number of ether oxygens (including phenoxy) is 1. The van der Waals surface area contributed by atoms with Crippen molar-refractivity contribution in [3.8, 4) is 0 Å². The lowest BCUT2D eigenvalue weighted by molar-refractivity contribution is -0.143. The topological polar surface area (TPSA) is 85.4 Å². The van der Waals surface area contributed by atoms with Crippen molar-refractivity contribution in [1.29, 1.82) is 0 Å². The number of carbonyl (C=O) groups is 1. The number of nitrogens with zero attached hydrogens (tertiary/aromatic N) is 1. The minimum Gasteiger partial charge on any atom is -0.468 e. The number of carbonyl (C=O) groups excluding carboxylic acids is 1. The Hall–Kier alpha value is -1.94. The van der Waals surface area contributed by atoms with Crippen LogP contribution < -0.4 is 4.72 Å². The lowest BCUT2D eigenvalue weighted by Crippen LogP contribution is -2.44. The van der Waals surface area contributed by atoms with Crippen molar-refractivity contribution in [2.45, 2.75) is 40.9 Å². The van der Waals surface area contributed by atoms with Gasteiger partial charge in [0, 0.05) is 4.90 Å². The van der Waals surface area contributed by atoms with Crippen LogP contribution in [0.1, 0.15) is 19.4 Å². The van der Waals surface area contributed by atoms with Crippen LogP contribution in [0.3, 0.4) is 0 Å². The van der Waals surface area contributed by atoms with Crippen LogP contribution in [0.2, 0.25) is 0 Å². The van der Waals surface area contributed by atoms with Crippen molar-refractivity contribution < 1.29 is 17.9 Å². The van der Waals surface area contributed by atoms with E-state index in [1.54, 1.807) is 26.0 Å². The highest BCUT2D eigenvalue weighted by Crippen LogP contribution is 2.35. The quantitative estimate of drug-likeness (QED) is 0.542. The fourth-order valence-electron chi connectivity index (χ4n) is 2.62. The van der Waals surface area contributed by atoms with Crippen LogP contribution in [0.15, 0.2) is 56.6 Å². The predicted molar refractivity (Wildman–Crippen MR) is 116 cm³/mol. The van der Waals surface area contributed by atoms with Gasteiger partial charge in [-0.05, 0) is 43.2 Å². The van der Waals surface area contributed by atoms with Crippen LogP contribution >= 0.6 is 23.1 Å². The Morgan fingerprint density at radius 3 is 2.48 bits per heavy atom. The van der Waals surface area contributed by atoms with Gasteiger partial charge in [-0.15, -0.1) is 11.3 Å². The third-order valence-electron chi connectivity index (χ3n) is 4.28. The Morgan fingerprint density at radius 2 is 1.86 bits per heavy atom. The number of benzene rings is 2. The molecule has 1 aromatic heterocycles. The van der Waals surface area contributed by atoms with Crippen molar-refractivity contribution in [3.05, 3.63) is 48.0 Å². The first kappa shape index (κ1) is 21.8. The number of thiazole rings is 1. The van der Waals surface area contributed by atoms with Crippen molar-refractivity contribution in [3.63, 3.8) is 0 Å². The average molecular weight is 451 g/mol. The monoisotopic (exact) mass is 450 g/mol. The van der Waals surface area contributed by atoms with Gasteiger partial charge in [-0.2, -0.15) is 4.72 Å². The molecule has 0 bridgehead atoms. The van der Waals surface area contributed by atoms with E-state index in [4.69, 9.17) is 4.74 Å². The maximum Gasteiger partial charge on any atom is 0.324 e. The molecule has 0 aliphatic carbocycles. The van der Waals surface area contributed by atoms with Gasteiger partial charge in [0.15, 0.2) is 4.34 Å². The van der Waals surface area contributed by atoms with Crippen molar-refractivity contribution in [2.24, 2.45) is 5.92 Å². The normalized spacial score (nSPS) is 13.0. The molecule has 0 amide bonds. The molecule has 154 valence electrons. The summed E-state index contributed by atoms with van der Waals surface area (Å²) in [6, 6.07) is 12.0. The number of aromatic nitrogens is 1. The highest BCUT2D eigenvalue weighted by molar-refractivity contribution is 8.01. The Morgan fingerprint density at radius 1 is 1.17 bits per heavy atom. The van der Waals surface area contributed by atoms with Gasteiger partial charge in [0.1, 0.15) is 6.04 Å². The first-order chi connectivity index (χ1) is 13.7. The number of hydrogen-bond donors (Lipinski definition) is 1. The maximum atomic E-state index is 12.8. The molecule has 9 heteroatoms. The second kappa shape index (κ2) is 8.83. The van der Waals surface area contributed by atoms with Crippen molar-refractivity contribution in [1.82, 2.24) is 9.71 Å². The minimum absolute atomic E-state index is 0.0927. The number of hydrogen-bond acceptors (Lipinski definition) is 7. The number of methoxy groups -OCH3 is 1. The summed E-state index contributed by atoms with van der Waals surface area (Å²) < 4.78 is 34.4. The molecule has 29 heavy (non-hydrogen) atoms. The molecule has 0 radical (unpaired) electrons. The van der Waals surface area contributed by atoms with Crippen LogP contribution in [0, 0.1) is 12.8 Å². The summed E-state index contributed by atoms with van der Waals surface area (Å²) in [5, 5.41) is 0. The van der Waals surface area contributed by atoms with Gasteiger partial charge in [-0.25, -0.2) is 13.4 Å². The van der Waals surface area contributed by atoms with Gasteiger partial charge >= 0.3 is 5.97 Å². The third kappa shape index (κ3) is 5.16. The molecule has 0 fully saturated rings. The lowest BCUT2D eigenvalue weighted by atomic mass is 10.1. The molecule has 1 heterocycles. The van der Waals surface area contributed by atoms with E-state index < -0.39 is 22.0 Å². The zero-order valence-electron chi connectivity index (χ0n) is 16.5. The molecule has 1 atom stereocenters. The summed E-state index contributed by atoms with van der Waals surface area (Å²) in [7, 11) is -2.65. The average Bonchev–Trinajstić information content (AvgIpc) is 3.08. The van der Waals surface area contributed by atoms with Crippen LogP contribution in [0.5, 0.6) is 0 Å². The van der Waals surface area contributed by atoms with E-state index in [0.29, 0.717) is 0 Å². The second-order valence-electron chi connectivity index (χ2n) is 6.89. The van der Waals surface area contributed by atoms with Gasteiger partial charge in [0.25, 0.3) is 0 Å². The van der Waals surface area contributed by atoms with Crippen LogP contribution in [0.4, 0.5) is 0 Å². The Bertz CT molecular complexity index is 1120. The molecule has 6 nitrogen and oxygen atoms in total. The van der Waals surface area contributed by atoms with Crippen molar-refractivity contribution >= 4 is 49.3 Å². The van der Waals surface area contributed by atoms with E-state index in [-0.39, 0.29) is 10.8 Å². The van der Waals surface area contributed by atoms with E-state index in [1.807, 2.05) is 31.2 Å². The summed E-state index contributed by atoms with van der Waals surface area (Å²) in [5.41, 5.74) is 1.92. The first-order valence-electron chi connectivity index (χ1n) is 8.95. The van der Waals surface area contributed by atoms with Gasteiger partial charge in [-0.1, -0.05) is 43.3 Å². The molecule has 0 saturated carbocycles. The summed E-state index contributed by atoms with van der Waals surface area (Å²) in [5.74, 6) is -0.860. The molecule has 0 aliphatic rings. The highest BCUT2D eigenvalue weighted by Gasteiger charge is 2.29. The largest absolute Gasteiger partial charge is 0.468 e. The van der Waals surface area contributed by atoms with Crippen LogP contribution in [-0.4, -0.2) is 32.5 Å². The van der Waals surface area contributed by atoms with E-state index in [1.165, 1.54) is 41.8 Å². The number of esters is 1. The predicted octanol–water partition coefficient (Wildman–Crippen LogP) is 4.23. The third-order valence-corrected chi connectivity index (χ3v) is 7.81. The summed E-state index contributed by atoms with van der Waals surface area (Å²) in [6.07, 6.45) is 0. The molecule has 3 aromatic rings. The van der Waals surface area contributed by atoms with Gasteiger partial charge in [-0.3, -0.25) is 4.79 Å². The fraction of sp³-hybridized carbons (Fsp3) is 0.300. The SMILES string of the molecule is COC(=O)[C@H](NS(=O)(=O)c1ccc2nc(Sc3ccc(C)cc3)sc2c1)C(C)C. The second-order valence-corrected chi connectivity index (χ2v) is 11.0. The van der Waals surface area contributed by atoms with Crippen LogP contribution in [-0.2, 0) is 19.6 Å². The zero-order chi connectivity index (χ0) is 21.2. The minimum atomic E-state index is -3.88. The lowest BCUT2D eigenvalue weighted by Gasteiger charge is -2.19. The molecule has 0 spiro atoms. The molecule has 0 unspecified atom stereocenters. The van der Waals surface area contributed by atoms with Gasteiger partial charge in [0.2, 0.25) is 10.0 Å². The van der Waals surface area contributed by atoms with E-state index in [0.717, 1.165) is 19.5 Å². The van der Waals surface area contributed by atoms with E-state index >= 15 is 0 Å². The number of sulfonamides is 1. The maximum absolute atomic E-state index is 12.8. The molecule has 2 aromatic carbocycles. The molecule has 3 rings (SSSR count). The summed E-state index contributed by atoms with van der Waals surface area (Å²) in [6.45, 7) is 5.54. The number of nitrogens with one attached hydrogen (secondary N) is 1. The Kier molecular flexibility index (Phi) is 6.62. The van der Waals surface area contributed by atoms with Crippen molar-refractivity contribution in [2.75, 3.05) is 7.11 Å². The van der Waals surface area contributed by atoms with Crippen LogP contribution in [0.25, 0.3) is 10.2 Å². The fourth-order valence-corrected chi connectivity index (χ4v) is 6.13. The number of aryl methyl sites for hydroxylation is 1.